The molecule has 0 saturated heterocycles. The van der Waals surface area contributed by atoms with E-state index in [1.165, 1.54) is 4.90 Å². The maximum absolute atomic E-state index is 12.2. The van der Waals surface area contributed by atoms with Gasteiger partial charge in [0.1, 0.15) is 5.84 Å². The SMILES string of the molecule is NC(CCl)=Nc1ccc2c(c1)C(=O)N(C1CC1)C2=O. The van der Waals surface area contributed by atoms with Crippen LogP contribution in [0.15, 0.2) is 23.2 Å². The van der Waals surface area contributed by atoms with Gasteiger partial charge in [0, 0.05) is 6.04 Å². The fourth-order valence-electron chi connectivity index (χ4n) is 2.18. The molecule has 0 aromatic heterocycles. The first-order chi connectivity index (χ1) is 9.11. The Morgan fingerprint density at radius 2 is 2.00 bits per heavy atom. The van der Waals surface area contributed by atoms with Crippen LogP contribution >= 0.6 is 11.6 Å². The number of nitrogens with zero attached hydrogens (tertiary/aromatic N) is 2. The van der Waals surface area contributed by atoms with Crippen molar-refractivity contribution < 1.29 is 9.59 Å². The molecule has 1 aromatic rings. The summed E-state index contributed by atoms with van der Waals surface area (Å²) in [4.78, 5) is 29.7. The number of halogens is 1. The third kappa shape index (κ3) is 2.00. The van der Waals surface area contributed by atoms with Crippen LogP contribution in [0.5, 0.6) is 0 Å². The Hall–Kier alpha value is -1.88. The highest BCUT2D eigenvalue weighted by Crippen LogP contribution is 2.35. The minimum atomic E-state index is -0.232. The van der Waals surface area contributed by atoms with Crippen molar-refractivity contribution in [2.24, 2.45) is 10.7 Å². The first-order valence-electron chi connectivity index (χ1n) is 6.02. The lowest BCUT2D eigenvalue weighted by molar-refractivity contribution is 0.0642. The lowest BCUT2D eigenvalue weighted by Gasteiger charge is -2.11. The summed E-state index contributed by atoms with van der Waals surface area (Å²) in [5.74, 6) is -0.0391. The van der Waals surface area contributed by atoms with E-state index in [-0.39, 0.29) is 29.6 Å². The Labute approximate surface area is 115 Å². The zero-order valence-corrected chi connectivity index (χ0v) is 10.9. The summed E-state index contributed by atoms with van der Waals surface area (Å²) >= 11 is 5.56. The number of fused-ring (bicyclic) bond motifs is 1. The third-order valence-electron chi connectivity index (χ3n) is 3.22. The van der Waals surface area contributed by atoms with Gasteiger partial charge in [-0.2, -0.15) is 0 Å². The molecular weight excluding hydrogens is 266 g/mol. The van der Waals surface area contributed by atoms with Crippen LogP contribution in [0.2, 0.25) is 0 Å². The van der Waals surface area contributed by atoms with Crippen molar-refractivity contribution in [2.75, 3.05) is 5.88 Å². The van der Waals surface area contributed by atoms with Crippen LogP contribution in [0.4, 0.5) is 5.69 Å². The summed E-state index contributed by atoms with van der Waals surface area (Å²) in [6.45, 7) is 0. The largest absolute Gasteiger partial charge is 0.386 e. The molecular formula is C13H12ClN3O2. The van der Waals surface area contributed by atoms with Crippen molar-refractivity contribution in [1.29, 1.82) is 0 Å². The number of hydrogen-bond donors (Lipinski definition) is 1. The molecule has 6 heteroatoms. The normalized spacial score (nSPS) is 19.0. The minimum Gasteiger partial charge on any atom is -0.386 e. The van der Waals surface area contributed by atoms with Gasteiger partial charge in [0.2, 0.25) is 0 Å². The van der Waals surface area contributed by atoms with E-state index >= 15 is 0 Å². The van der Waals surface area contributed by atoms with Gasteiger partial charge >= 0.3 is 0 Å². The van der Waals surface area contributed by atoms with E-state index in [1.54, 1.807) is 18.2 Å². The molecule has 5 nitrogen and oxygen atoms in total. The summed E-state index contributed by atoms with van der Waals surface area (Å²) in [6.07, 6.45) is 1.80. The number of benzene rings is 1. The van der Waals surface area contributed by atoms with Gasteiger partial charge < -0.3 is 5.73 Å². The highest BCUT2D eigenvalue weighted by molar-refractivity contribution is 6.28. The molecule has 98 valence electrons. The predicted octanol–water partition coefficient (Wildman–Crippen LogP) is 1.67. The van der Waals surface area contributed by atoms with Gasteiger partial charge in [-0.1, -0.05) is 0 Å². The Kier molecular flexibility index (Phi) is 2.78. The zero-order valence-electron chi connectivity index (χ0n) is 10.1. The molecule has 0 radical (unpaired) electrons. The molecule has 0 unspecified atom stereocenters. The van der Waals surface area contributed by atoms with E-state index in [4.69, 9.17) is 17.3 Å². The number of rotatable bonds is 3. The van der Waals surface area contributed by atoms with Gasteiger partial charge in [-0.3, -0.25) is 14.5 Å². The van der Waals surface area contributed by atoms with Crippen molar-refractivity contribution >= 4 is 34.9 Å². The molecule has 0 bridgehead atoms. The Morgan fingerprint density at radius 1 is 1.32 bits per heavy atom. The fraction of sp³-hybridized carbons (Fsp3) is 0.308. The Balaban J connectivity index is 1.99. The van der Waals surface area contributed by atoms with E-state index in [2.05, 4.69) is 4.99 Å². The zero-order chi connectivity index (χ0) is 13.6. The molecule has 1 saturated carbocycles. The second-order valence-electron chi connectivity index (χ2n) is 4.68. The number of imide groups is 1. The molecule has 3 rings (SSSR count). The van der Waals surface area contributed by atoms with Crippen molar-refractivity contribution in [3.05, 3.63) is 29.3 Å². The van der Waals surface area contributed by atoms with Gasteiger partial charge in [0.25, 0.3) is 11.8 Å². The highest BCUT2D eigenvalue weighted by Gasteiger charge is 2.44. The number of alkyl halides is 1. The second-order valence-corrected chi connectivity index (χ2v) is 4.95. The van der Waals surface area contributed by atoms with E-state index in [1.807, 2.05) is 0 Å². The molecule has 1 aromatic carbocycles. The number of carbonyl (C=O) groups is 2. The topological polar surface area (TPSA) is 75.8 Å². The van der Waals surface area contributed by atoms with Crippen LogP contribution in [0.25, 0.3) is 0 Å². The lowest BCUT2D eigenvalue weighted by Crippen LogP contribution is -2.31. The van der Waals surface area contributed by atoms with E-state index < -0.39 is 0 Å². The minimum absolute atomic E-state index is 0.0762. The standard InChI is InChI=1S/C13H12ClN3O2/c14-6-11(15)16-7-1-4-9-10(5-7)13(19)17(12(9)18)8-2-3-8/h1,4-5,8H,2-3,6H2,(H2,15,16). The number of amides is 2. The molecule has 2 amide bonds. The summed E-state index contributed by atoms with van der Waals surface area (Å²) in [5.41, 5.74) is 6.94. The van der Waals surface area contributed by atoms with Crippen LogP contribution in [0.1, 0.15) is 33.6 Å². The molecule has 2 aliphatic rings. The van der Waals surface area contributed by atoms with Gasteiger partial charge in [-0.05, 0) is 31.0 Å². The summed E-state index contributed by atoms with van der Waals surface area (Å²) < 4.78 is 0. The molecule has 0 spiro atoms. The van der Waals surface area contributed by atoms with Crippen molar-refractivity contribution in [3.63, 3.8) is 0 Å². The highest BCUT2D eigenvalue weighted by atomic mass is 35.5. The quantitative estimate of drug-likeness (QED) is 0.395. The Morgan fingerprint density at radius 3 is 2.63 bits per heavy atom. The van der Waals surface area contributed by atoms with Crippen LogP contribution in [-0.2, 0) is 0 Å². The molecule has 0 atom stereocenters. The number of carbonyl (C=O) groups excluding carboxylic acids is 2. The molecule has 1 heterocycles. The van der Waals surface area contributed by atoms with Gasteiger partial charge in [0.15, 0.2) is 0 Å². The second kappa shape index (κ2) is 4.35. The number of hydrogen-bond acceptors (Lipinski definition) is 3. The number of aliphatic imine (C=N–C) groups is 1. The average Bonchev–Trinajstić information content (AvgIpc) is 3.19. The van der Waals surface area contributed by atoms with Crippen LogP contribution in [0, 0.1) is 0 Å². The molecule has 19 heavy (non-hydrogen) atoms. The van der Waals surface area contributed by atoms with Crippen LogP contribution in [-0.4, -0.2) is 34.5 Å². The van der Waals surface area contributed by atoms with Crippen molar-refractivity contribution in [1.82, 2.24) is 4.90 Å². The molecule has 1 aliphatic heterocycles. The summed E-state index contributed by atoms with van der Waals surface area (Å²) in [7, 11) is 0. The van der Waals surface area contributed by atoms with Crippen molar-refractivity contribution in [2.45, 2.75) is 18.9 Å². The number of amidine groups is 1. The maximum Gasteiger partial charge on any atom is 0.261 e. The van der Waals surface area contributed by atoms with Crippen molar-refractivity contribution in [3.8, 4) is 0 Å². The summed E-state index contributed by atoms with van der Waals surface area (Å²) in [6, 6.07) is 4.96. The lowest BCUT2D eigenvalue weighted by atomic mass is 10.1. The van der Waals surface area contributed by atoms with Gasteiger partial charge in [-0.25, -0.2) is 4.99 Å². The first-order valence-corrected chi connectivity index (χ1v) is 6.56. The monoisotopic (exact) mass is 277 g/mol. The predicted molar refractivity (Wildman–Crippen MR) is 72.0 cm³/mol. The van der Waals surface area contributed by atoms with E-state index in [9.17, 15) is 9.59 Å². The Bertz CT molecular complexity index is 608. The molecule has 1 aliphatic carbocycles. The van der Waals surface area contributed by atoms with Crippen LogP contribution < -0.4 is 5.73 Å². The summed E-state index contributed by atoms with van der Waals surface area (Å²) in [5, 5.41) is 0. The average molecular weight is 278 g/mol. The maximum atomic E-state index is 12.2. The fourth-order valence-corrected chi connectivity index (χ4v) is 2.24. The van der Waals surface area contributed by atoms with Gasteiger partial charge in [0.05, 0.1) is 22.7 Å². The van der Waals surface area contributed by atoms with E-state index in [0.717, 1.165) is 12.8 Å². The number of nitrogens with two attached hydrogens (primary N) is 1. The molecule has 2 N–H and O–H groups in total. The van der Waals surface area contributed by atoms with Crippen LogP contribution in [0.3, 0.4) is 0 Å². The van der Waals surface area contributed by atoms with E-state index in [0.29, 0.717) is 16.8 Å². The molecule has 1 fully saturated rings. The smallest absolute Gasteiger partial charge is 0.261 e. The first kappa shape index (κ1) is 12.2. The third-order valence-corrected chi connectivity index (χ3v) is 3.50. The van der Waals surface area contributed by atoms with Gasteiger partial charge in [-0.15, -0.1) is 11.6 Å².